The quantitative estimate of drug-likeness (QED) is 0.269. The van der Waals surface area contributed by atoms with Gasteiger partial charge in [0.2, 0.25) is 5.12 Å². The predicted molar refractivity (Wildman–Crippen MR) is 118 cm³/mol. The highest BCUT2D eigenvalue weighted by Crippen LogP contribution is 2.26. The van der Waals surface area contributed by atoms with E-state index in [2.05, 4.69) is 0 Å². The van der Waals surface area contributed by atoms with Crippen LogP contribution in [0.2, 0.25) is 0 Å². The van der Waals surface area contributed by atoms with Crippen LogP contribution in [0.5, 0.6) is 0 Å². The first-order chi connectivity index (χ1) is 14.0. The van der Waals surface area contributed by atoms with Crippen molar-refractivity contribution in [1.82, 2.24) is 0 Å². The molecule has 3 nitrogen and oxygen atoms in total. The molecule has 3 rings (SSSR count). The number of hydrogen-bond donors (Lipinski definition) is 0. The Bertz CT molecular complexity index is 952. The van der Waals surface area contributed by atoms with Gasteiger partial charge in [-0.05, 0) is 41.3 Å². The Hall–Kier alpha value is -2.56. The Morgan fingerprint density at radius 3 is 2.03 bits per heavy atom. The Labute approximate surface area is 180 Å². The first-order valence-electron chi connectivity index (χ1n) is 9.26. The van der Waals surface area contributed by atoms with E-state index in [1.54, 1.807) is 6.92 Å². The highest BCUT2D eigenvalue weighted by molar-refractivity contribution is 8.14. The largest absolute Gasteiger partial charge is 0.461 e. The molecule has 0 bridgehead atoms. The molecular weight excluding hydrogens is 404 g/mol. The molecule has 29 heavy (non-hydrogen) atoms. The van der Waals surface area contributed by atoms with Gasteiger partial charge in [0.25, 0.3) is 0 Å². The van der Waals surface area contributed by atoms with E-state index < -0.39 is 5.38 Å². The van der Waals surface area contributed by atoms with Crippen LogP contribution < -0.4 is 0 Å². The lowest BCUT2D eigenvalue weighted by Gasteiger charge is -2.07. The van der Waals surface area contributed by atoms with Gasteiger partial charge in [-0.1, -0.05) is 78.5 Å². The van der Waals surface area contributed by atoms with Crippen LogP contribution in [0, 0.1) is 0 Å². The molecule has 0 radical (unpaired) electrons. The molecule has 148 valence electrons. The smallest absolute Gasteiger partial charge is 0.310 e. The zero-order chi connectivity index (χ0) is 20.6. The minimum atomic E-state index is -0.508. The van der Waals surface area contributed by atoms with Gasteiger partial charge in [0.05, 0.1) is 11.8 Å². The predicted octanol–water partition coefficient (Wildman–Crippen LogP) is 5.89. The molecule has 5 heteroatoms. The molecule has 0 aliphatic rings. The second-order valence-corrected chi connectivity index (χ2v) is 8.31. The van der Waals surface area contributed by atoms with Gasteiger partial charge in [0.15, 0.2) is 0 Å². The summed E-state index contributed by atoms with van der Waals surface area (Å²) >= 11 is 6.95. The van der Waals surface area contributed by atoms with Crippen molar-refractivity contribution >= 4 is 34.4 Å². The molecule has 0 fully saturated rings. The third-order valence-electron chi connectivity index (χ3n) is 4.28. The van der Waals surface area contributed by atoms with Crippen LogP contribution in [0.25, 0.3) is 11.1 Å². The molecule has 0 aromatic heterocycles. The van der Waals surface area contributed by atoms with Gasteiger partial charge in [-0.2, -0.15) is 0 Å². The number of ether oxygens (including phenoxy) is 1. The van der Waals surface area contributed by atoms with Gasteiger partial charge in [0, 0.05) is 4.90 Å². The first-order valence-corrected chi connectivity index (χ1v) is 10.5. The van der Waals surface area contributed by atoms with Crippen LogP contribution in [-0.2, 0) is 27.4 Å². The maximum Gasteiger partial charge on any atom is 0.310 e. The van der Waals surface area contributed by atoms with Crippen molar-refractivity contribution in [2.24, 2.45) is 0 Å². The van der Waals surface area contributed by atoms with Crippen molar-refractivity contribution in [2.45, 2.75) is 30.2 Å². The van der Waals surface area contributed by atoms with Crippen LogP contribution in [0.1, 0.15) is 18.1 Å². The van der Waals surface area contributed by atoms with Crippen LogP contribution in [-0.4, -0.2) is 16.5 Å². The van der Waals surface area contributed by atoms with Crippen molar-refractivity contribution in [1.29, 1.82) is 0 Å². The van der Waals surface area contributed by atoms with Gasteiger partial charge < -0.3 is 4.74 Å². The zero-order valence-electron chi connectivity index (χ0n) is 16.0. The monoisotopic (exact) mass is 424 g/mol. The lowest BCUT2D eigenvalue weighted by atomic mass is 10.0. The van der Waals surface area contributed by atoms with Crippen molar-refractivity contribution in [3.05, 3.63) is 90.0 Å². The summed E-state index contributed by atoms with van der Waals surface area (Å²) in [5.74, 6) is -0.249. The molecule has 0 aliphatic carbocycles. The Morgan fingerprint density at radius 2 is 1.45 bits per heavy atom. The van der Waals surface area contributed by atoms with Crippen molar-refractivity contribution in [3.63, 3.8) is 0 Å². The Balaban J connectivity index is 1.55. The minimum absolute atomic E-state index is 0.0667. The number of rotatable bonds is 7. The van der Waals surface area contributed by atoms with Crippen molar-refractivity contribution in [3.8, 4) is 11.1 Å². The fourth-order valence-corrected chi connectivity index (χ4v) is 3.48. The van der Waals surface area contributed by atoms with Gasteiger partial charge in [-0.3, -0.25) is 9.59 Å². The lowest BCUT2D eigenvalue weighted by molar-refractivity contribution is -0.144. The molecule has 0 saturated carbocycles. The molecule has 0 saturated heterocycles. The van der Waals surface area contributed by atoms with Gasteiger partial charge in [-0.25, -0.2) is 0 Å². The summed E-state index contributed by atoms with van der Waals surface area (Å²) in [5, 5.41) is -0.575. The van der Waals surface area contributed by atoms with Crippen LogP contribution in [0.4, 0.5) is 0 Å². The topological polar surface area (TPSA) is 43.4 Å². The second-order valence-electron chi connectivity index (χ2n) is 6.58. The summed E-state index contributed by atoms with van der Waals surface area (Å²) in [5.41, 5.74) is 3.96. The normalized spacial score (nSPS) is 11.7. The summed E-state index contributed by atoms with van der Waals surface area (Å²) in [7, 11) is 0. The fourth-order valence-electron chi connectivity index (χ4n) is 2.68. The fraction of sp³-hybridized carbons (Fsp3) is 0.167. The Morgan fingerprint density at radius 1 is 0.862 bits per heavy atom. The summed E-state index contributed by atoms with van der Waals surface area (Å²) in [4.78, 5) is 24.6. The van der Waals surface area contributed by atoms with E-state index in [-0.39, 0.29) is 24.1 Å². The minimum Gasteiger partial charge on any atom is -0.461 e. The van der Waals surface area contributed by atoms with E-state index >= 15 is 0 Å². The summed E-state index contributed by atoms with van der Waals surface area (Å²) in [6.07, 6.45) is 0.238. The van der Waals surface area contributed by atoms with Crippen molar-refractivity contribution in [2.75, 3.05) is 0 Å². The number of esters is 1. The molecule has 3 aromatic carbocycles. The number of alkyl halides is 1. The molecule has 1 unspecified atom stereocenters. The molecule has 1 atom stereocenters. The summed E-state index contributed by atoms with van der Waals surface area (Å²) in [6.45, 7) is 1.96. The molecule has 0 N–H and O–H groups in total. The SMILES string of the molecule is CC(Cl)C(=O)Sc1ccc(-c2ccc(CC(=O)OCc3ccccc3)cc2)cc1. The molecule has 0 amide bonds. The number of carbonyl (C=O) groups is 2. The molecule has 0 spiro atoms. The number of carbonyl (C=O) groups excluding carboxylic acids is 2. The second kappa shape index (κ2) is 10.3. The van der Waals surface area contributed by atoms with Crippen LogP contribution in [0.3, 0.4) is 0 Å². The maximum atomic E-state index is 12.1. The number of hydrogen-bond acceptors (Lipinski definition) is 4. The number of thioether (sulfide) groups is 1. The van der Waals surface area contributed by atoms with Crippen molar-refractivity contribution < 1.29 is 14.3 Å². The first kappa shape index (κ1) is 21.2. The van der Waals surface area contributed by atoms with E-state index in [4.69, 9.17) is 16.3 Å². The van der Waals surface area contributed by atoms with Crippen LogP contribution in [0.15, 0.2) is 83.8 Å². The third-order valence-corrected chi connectivity index (χ3v) is 5.67. The maximum absolute atomic E-state index is 12.1. The van der Waals surface area contributed by atoms with E-state index in [1.165, 1.54) is 0 Å². The molecular formula is C24H21ClO3S. The zero-order valence-corrected chi connectivity index (χ0v) is 17.6. The summed E-state index contributed by atoms with van der Waals surface area (Å²) in [6, 6.07) is 25.2. The molecule has 0 heterocycles. The van der Waals surface area contributed by atoms with Gasteiger partial charge in [0.1, 0.15) is 6.61 Å². The number of halogens is 1. The number of benzene rings is 3. The summed E-state index contributed by atoms with van der Waals surface area (Å²) < 4.78 is 5.33. The molecule has 0 aliphatic heterocycles. The van der Waals surface area contributed by atoms with Crippen LogP contribution >= 0.6 is 23.4 Å². The standard InChI is InChI=1S/C24H21ClO3S/c1-17(25)24(27)29-22-13-11-21(12-14-22)20-9-7-18(8-10-20)15-23(26)28-16-19-5-3-2-4-6-19/h2-14,17H,15-16H2,1H3. The van der Waals surface area contributed by atoms with E-state index in [9.17, 15) is 9.59 Å². The van der Waals surface area contributed by atoms with E-state index in [1.807, 2.05) is 78.9 Å². The molecule has 3 aromatic rings. The van der Waals surface area contributed by atoms with Gasteiger partial charge >= 0.3 is 5.97 Å². The third kappa shape index (κ3) is 6.48. The van der Waals surface area contributed by atoms with E-state index in [0.29, 0.717) is 0 Å². The lowest BCUT2D eigenvalue weighted by Crippen LogP contribution is -2.07. The van der Waals surface area contributed by atoms with E-state index in [0.717, 1.165) is 38.9 Å². The highest BCUT2D eigenvalue weighted by Gasteiger charge is 2.11. The highest BCUT2D eigenvalue weighted by atomic mass is 35.5. The average Bonchev–Trinajstić information content (AvgIpc) is 2.74. The average molecular weight is 425 g/mol. The Kier molecular flexibility index (Phi) is 7.50. The van der Waals surface area contributed by atoms with Gasteiger partial charge in [-0.15, -0.1) is 11.6 Å².